The predicted molar refractivity (Wildman–Crippen MR) is 117 cm³/mol. The zero-order chi connectivity index (χ0) is 20.9. The smallest absolute Gasteiger partial charge is 0.146 e. The van der Waals surface area contributed by atoms with E-state index >= 15 is 0 Å². The minimum absolute atomic E-state index is 0.0134. The Morgan fingerprint density at radius 2 is 1.52 bits per heavy atom. The average Bonchev–Trinajstić information content (AvgIpc) is 2.83. The van der Waals surface area contributed by atoms with E-state index in [1.54, 1.807) is 6.92 Å². The van der Waals surface area contributed by atoms with Gasteiger partial charge in [-0.3, -0.25) is 4.79 Å². The van der Waals surface area contributed by atoms with Gasteiger partial charge in [0.25, 0.3) is 0 Å². The van der Waals surface area contributed by atoms with Gasteiger partial charge in [0, 0.05) is 22.0 Å². The fraction of sp³-hybridized carbons (Fsp3) is 0.625. The van der Waals surface area contributed by atoms with Crippen molar-refractivity contribution >= 4 is 16.7 Å². The van der Waals surface area contributed by atoms with Crippen LogP contribution < -0.4 is 5.73 Å². The summed E-state index contributed by atoms with van der Waals surface area (Å²) < 4.78 is 0. The van der Waals surface area contributed by atoms with Crippen molar-refractivity contribution in [1.82, 2.24) is 4.98 Å². The first-order chi connectivity index (χ1) is 12.0. The summed E-state index contributed by atoms with van der Waals surface area (Å²) in [5.74, 6) is 0.0345. The van der Waals surface area contributed by atoms with Crippen molar-refractivity contribution in [3.63, 3.8) is 0 Å². The molecule has 3 N–H and O–H groups in total. The summed E-state index contributed by atoms with van der Waals surface area (Å²) in [7, 11) is 0. The van der Waals surface area contributed by atoms with E-state index in [1.165, 1.54) is 33.3 Å². The normalized spacial score (nSPS) is 14.6. The molecule has 3 heteroatoms. The maximum absolute atomic E-state index is 11.9. The van der Waals surface area contributed by atoms with E-state index in [4.69, 9.17) is 5.73 Å². The van der Waals surface area contributed by atoms with Crippen molar-refractivity contribution in [2.45, 2.75) is 97.9 Å². The average molecular weight is 371 g/mol. The fourth-order valence-electron chi connectivity index (χ4n) is 3.59. The van der Waals surface area contributed by atoms with Crippen LogP contribution in [-0.2, 0) is 27.5 Å². The highest BCUT2D eigenvalue weighted by molar-refractivity contribution is 5.91. The number of nitrogens with two attached hydrogens (primary N) is 1. The summed E-state index contributed by atoms with van der Waals surface area (Å²) in [4.78, 5) is 15.6. The van der Waals surface area contributed by atoms with Crippen LogP contribution in [0.3, 0.4) is 0 Å². The minimum atomic E-state index is -0.471. The van der Waals surface area contributed by atoms with E-state index in [0.717, 1.165) is 0 Å². The van der Waals surface area contributed by atoms with Gasteiger partial charge in [0.1, 0.15) is 5.78 Å². The molecule has 1 heterocycles. The van der Waals surface area contributed by atoms with Crippen molar-refractivity contribution in [2.75, 3.05) is 0 Å². The Morgan fingerprint density at radius 3 is 1.93 bits per heavy atom. The molecular weight excluding hydrogens is 332 g/mol. The van der Waals surface area contributed by atoms with Gasteiger partial charge in [-0.1, -0.05) is 68.4 Å². The zero-order valence-corrected chi connectivity index (χ0v) is 18.9. The molecule has 0 saturated heterocycles. The second-order valence-corrected chi connectivity index (χ2v) is 11.1. The largest absolute Gasteiger partial charge is 0.357 e. The number of hydrogen-bond acceptors (Lipinski definition) is 2. The summed E-state index contributed by atoms with van der Waals surface area (Å²) in [6, 6.07) is 4.18. The van der Waals surface area contributed by atoms with Gasteiger partial charge in [0.2, 0.25) is 0 Å². The summed E-state index contributed by atoms with van der Waals surface area (Å²) in [5, 5.41) is 1.22. The Labute approximate surface area is 165 Å². The first-order valence-corrected chi connectivity index (χ1v) is 9.99. The van der Waals surface area contributed by atoms with Gasteiger partial charge < -0.3 is 10.7 Å². The van der Waals surface area contributed by atoms with E-state index < -0.39 is 6.04 Å². The predicted octanol–water partition coefficient (Wildman–Crippen LogP) is 5.52. The Morgan fingerprint density at radius 1 is 0.963 bits per heavy atom. The number of H-pyrrole nitrogens is 1. The molecule has 0 radical (unpaired) electrons. The van der Waals surface area contributed by atoms with Crippen LogP contribution >= 0.6 is 0 Å². The van der Waals surface area contributed by atoms with Crippen molar-refractivity contribution in [3.05, 3.63) is 34.5 Å². The van der Waals surface area contributed by atoms with Crippen molar-refractivity contribution in [1.29, 1.82) is 0 Å². The highest BCUT2D eigenvalue weighted by atomic mass is 16.1. The number of aromatic amines is 1. The maximum Gasteiger partial charge on any atom is 0.146 e. The van der Waals surface area contributed by atoms with Gasteiger partial charge in [-0.15, -0.1) is 0 Å². The molecule has 1 atom stereocenters. The molecule has 1 aromatic heterocycles. The number of hydrogen-bond donors (Lipinski definition) is 2. The molecule has 150 valence electrons. The van der Waals surface area contributed by atoms with Gasteiger partial charge in [-0.05, 0) is 46.9 Å². The molecule has 0 aliphatic carbocycles. The van der Waals surface area contributed by atoms with E-state index in [1.807, 2.05) is 0 Å². The first kappa shape index (κ1) is 21.7. The molecule has 1 aromatic carbocycles. The SMILES string of the molecule is CC(=O)C(N)Cc1c(C(C)(C)C)[nH]c2c(C(C)(C)C)cc(C(C)(C)C)cc12. The van der Waals surface area contributed by atoms with Crippen molar-refractivity contribution in [3.8, 4) is 0 Å². The number of benzene rings is 1. The Balaban J connectivity index is 2.93. The topological polar surface area (TPSA) is 58.9 Å². The number of Topliss-reactive ketones (excluding diaryl/α,β-unsaturated/α-hetero) is 1. The van der Waals surface area contributed by atoms with Gasteiger partial charge >= 0.3 is 0 Å². The molecule has 0 saturated carbocycles. The number of ketones is 1. The standard InChI is InChI=1S/C24H38N2O/c1-14(27)19(25)13-17-16-11-15(22(2,3)4)12-18(23(5,6)7)20(16)26-21(17)24(8,9)10/h11-12,19,26H,13,25H2,1-10H3. The molecule has 27 heavy (non-hydrogen) atoms. The molecule has 1 unspecified atom stereocenters. The van der Waals surface area contributed by atoms with Crippen LogP contribution in [0.15, 0.2) is 12.1 Å². The second-order valence-electron chi connectivity index (χ2n) is 11.1. The lowest BCUT2D eigenvalue weighted by atomic mass is 9.78. The molecule has 0 aliphatic rings. The third-order valence-corrected chi connectivity index (χ3v) is 5.39. The lowest BCUT2D eigenvalue weighted by Gasteiger charge is -2.26. The highest BCUT2D eigenvalue weighted by Crippen LogP contribution is 2.40. The Hall–Kier alpha value is -1.61. The zero-order valence-electron chi connectivity index (χ0n) is 18.9. The quantitative estimate of drug-likeness (QED) is 0.747. The molecule has 0 bridgehead atoms. The van der Waals surface area contributed by atoms with Gasteiger partial charge in [0.15, 0.2) is 0 Å². The summed E-state index contributed by atoms with van der Waals surface area (Å²) in [6.07, 6.45) is 0.569. The molecule has 0 spiro atoms. The number of fused-ring (bicyclic) bond motifs is 1. The Kier molecular flexibility index (Phi) is 5.44. The first-order valence-electron chi connectivity index (χ1n) is 9.99. The van der Waals surface area contributed by atoms with E-state index in [0.29, 0.717) is 6.42 Å². The van der Waals surface area contributed by atoms with Gasteiger partial charge in [-0.2, -0.15) is 0 Å². The molecule has 0 amide bonds. The summed E-state index contributed by atoms with van der Waals surface area (Å²) >= 11 is 0. The summed E-state index contributed by atoms with van der Waals surface area (Å²) in [5.41, 5.74) is 12.4. The molecule has 3 nitrogen and oxygen atoms in total. The molecule has 2 rings (SSSR count). The summed E-state index contributed by atoms with van der Waals surface area (Å²) in [6.45, 7) is 21.7. The van der Waals surface area contributed by atoms with Crippen LogP contribution in [0.25, 0.3) is 10.9 Å². The fourth-order valence-corrected chi connectivity index (χ4v) is 3.59. The van der Waals surface area contributed by atoms with Crippen LogP contribution in [-0.4, -0.2) is 16.8 Å². The molecule has 2 aromatic rings. The van der Waals surface area contributed by atoms with Gasteiger partial charge in [-0.25, -0.2) is 0 Å². The van der Waals surface area contributed by atoms with Crippen LogP contribution in [0.2, 0.25) is 0 Å². The third-order valence-electron chi connectivity index (χ3n) is 5.39. The highest BCUT2D eigenvalue weighted by Gasteiger charge is 2.29. The lowest BCUT2D eigenvalue weighted by molar-refractivity contribution is -0.118. The second kappa shape index (κ2) is 6.77. The van der Waals surface area contributed by atoms with E-state index in [-0.39, 0.29) is 22.0 Å². The third kappa shape index (κ3) is 4.45. The van der Waals surface area contributed by atoms with Crippen LogP contribution in [0, 0.1) is 0 Å². The number of carbonyl (C=O) groups is 1. The molecule has 0 aliphatic heterocycles. The Bertz CT molecular complexity index is 852. The van der Waals surface area contributed by atoms with Crippen LogP contribution in [0.4, 0.5) is 0 Å². The maximum atomic E-state index is 11.9. The minimum Gasteiger partial charge on any atom is -0.357 e. The number of aromatic nitrogens is 1. The van der Waals surface area contributed by atoms with Crippen molar-refractivity contribution in [2.24, 2.45) is 5.73 Å². The molecule has 0 fully saturated rings. The van der Waals surface area contributed by atoms with E-state index in [9.17, 15) is 4.79 Å². The van der Waals surface area contributed by atoms with Crippen molar-refractivity contribution < 1.29 is 4.79 Å². The number of nitrogens with one attached hydrogen (secondary N) is 1. The van der Waals surface area contributed by atoms with E-state index in [2.05, 4.69) is 79.4 Å². The number of rotatable bonds is 3. The lowest BCUT2D eigenvalue weighted by Crippen LogP contribution is -2.31. The molecular formula is C24H38N2O. The van der Waals surface area contributed by atoms with Crippen LogP contribution in [0.5, 0.6) is 0 Å². The van der Waals surface area contributed by atoms with Gasteiger partial charge in [0.05, 0.1) is 6.04 Å². The van der Waals surface area contributed by atoms with Crippen LogP contribution in [0.1, 0.15) is 91.6 Å². The number of carbonyl (C=O) groups excluding carboxylic acids is 1. The monoisotopic (exact) mass is 370 g/mol.